The number of rotatable bonds is 34. The number of fused-ring (bicyclic) bond motifs is 3. The van der Waals surface area contributed by atoms with Gasteiger partial charge in [0.25, 0.3) is 14.4 Å². The summed E-state index contributed by atoms with van der Waals surface area (Å²) in [6.07, 6.45) is 18.5. The molecule has 2 saturated heterocycles. The maximum absolute atomic E-state index is 14.6. The number of amides is 1. The summed E-state index contributed by atoms with van der Waals surface area (Å²) in [6, 6.07) is 37.7. The van der Waals surface area contributed by atoms with Gasteiger partial charge in [0.2, 0.25) is 0 Å². The molecule has 2 aliphatic heterocycles. The number of benzene rings is 4. The van der Waals surface area contributed by atoms with Crippen LogP contribution in [-0.2, 0) is 28.9 Å². The summed E-state index contributed by atoms with van der Waals surface area (Å²) in [6.45, 7) is 11.5. The number of nitriles is 1. The Morgan fingerprint density at radius 2 is 1.30 bits per heavy atom. The molecule has 2 fully saturated rings. The molecule has 0 N–H and O–H groups in total. The van der Waals surface area contributed by atoms with Gasteiger partial charge in [-0.15, -0.1) is 0 Å². The van der Waals surface area contributed by atoms with Gasteiger partial charge in [0.05, 0.1) is 52.9 Å². The van der Waals surface area contributed by atoms with Crippen molar-refractivity contribution in [2.24, 2.45) is 0 Å². The van der Waals surface area contributed by atoms with Crippen molar-refractivity contribution in [1.29, 1.82) is 5.26 Å². The molecule has 4 heterocycles. The summed E-state index contributed by atoms with van der Waals surface area (Å²) < 4.78 is 51.3. The van der Waals surface area contributed by atoms with E-state index in [2.05, 4.69) is 57.5 Å². The first kappa shape index (κ1) is 60.3. The largest absolute Gasteiger partial charge is 0.497 e. The van der Waals surface area contributed by atoms with E-state index < -0.39 is 38.2 Å². The third kappa shape index (κ3) is 14.3. The Balaban J connectivity index is 1.12. The molecule has 8 rings (SSSR count). The van der Waals surface area contributed by atoms with Gasteiger partial charge in [0.1, 0.15) is 41.2 Å². The minimum atomic E-state index is -1.78. The van der Waals surface area contributed by atoms with Gasteiger partial charge in [-0.05, 0) is 87.2 Å². The van der Waals surface area contributed by atoms with Gasteiger partial charge in [-0.2, -0.15) is 5.26 Å². The predicted molar refractivity (Wildman–Crippen MR) is 315 cm³/mol. The second-order valence-corrected chi connectivity index (χ2v) is 23.1. The smallest absolute Gasteiger partial charge is 0.259 e. The van der Waals surface area contributed by atoms with E-state index in [-0.39, 0.29) is 44.2 Å². The van der Waals surface area contributed by atoms with Crippen molar-refractivity contribution in [3.8, 4) is 17.6 Å². The van der Waals surface area contributed by atoms with Gasteiger partial charge in [-0.25, -0.2) is 19.6 Å². The zero-order valence-corrected chi connectivity index (χ0v) is 49.1. The summed E-state index contributed by atoms with van der Waals surface area (Å²) in [7, 11) is 1.52. The average Bonchev–Trinajstić information content (AvgIpc) is 4.25. The highest BCUT2D eigenvalue weighted by atomic mass is 31.2. The Morgan fingerprint density at radius 3 is 1.85 bits per heavy atom. The number of carbonyl (C=O) groups excluding carboxylic acids is 1. The number of methoxy groups -OCH3 is 2. The van der Waals surface area contributed by atoms with E-state index in [0.717, 1.165) is 36.0 Å². The van der Waals surface area contributed by atoms with Crippen LogP contribution >= 0.6 is 8.53 Å². The molecule has 15 nitrogen and oxygen atoms in total. The van der Waals surface area contributed by atoms with Crippen molar-refractivity contribution in [3.05, 3.63) is 144 Å². The number of ether oxygens (including phenoxy) is 5. The lowest BCUT2D eigenvalue weighted by molar-refractivity contribution is -0.202. The molecular weight excluding hydrogens is 1030 g/mol. The molecule has 4 aromatic carbocycles. The molecule has 0 aliphatic carbocycles. The van der Waals surface area contributed by atoms with Crippen LogP contribution in [0.15, 0.2) is 122 Å². The number of hydrogen-bond acceptors (Lipinski definition) is 13. The molecule has 16 heteroatoms. The van der Waals surface area contributed by atoms with Gasteiger partial charge in [0, 0.05) is 24.2 Å². The Labute approximate surface area is 476 Å². The molecule has 0 saturated carbocycles. The second kappa shape index (κ2) is 29.8. The molecule has 1 amide bonds. The van der Waals surface area contributed by atoms with Crippen LogP contribution in [-0.4, -0.2) is 101 Å². The molecule has 2 aromatic heterocycles. The van der Waals surface area contributed by atoms with Crippen LogP contribution in [0.3, 0.4) is 0 Å². The number of hydrogen-bond donors (Lipinski definition) is 0. The van der Waals surface area contributed by atoms with Gasteiger partial charge < -0.3 is 32.7 Å². The van der Waals surface area contributed by atoms with E-state index in [1.165, 1.54) is 77.0 Å². The molecule has 5 atom stereocenters. The monoisotopic (exact) mass is 1110 g/mol. The van der Waals surface area contributed by atoms with E-state index in [1.807, 2.05) is 102 Å². The van der Waals surface area contributed by atoms with E-state index >= 15 is 0 Å². The average molecular weight is 1110 g/mol. The van der Waals surface area contributed by atoms with Crippen LogP contribution in [0.5, 0.6) is 11.5 Å². The van der Waals surface area contributed by atoms with Crippen molar-refractivity contribution >= 4 is 31.4 Å². The highest BCUT2D eigenvalue weighted by Crippen LogP contribution is 2.56. The maximum atomic E-state index is 14.6. The van der Waals surface area contributed by atoms with Crippen molar-refractivity contribution < 1.29 is 37.5 Å². The lowest BCUT2D eigenvalue weighted by Crippen LogP contribution is -2.49. The molecule has 0 spiro atoms. The second-order valence-electron chi connectivity index (χ2n) is 21.7. The van der Waals surface area contributed by atoms with Crippen LogP contribution < -0.4 is 14.4 Å². The Hall–Kier alpha value is -5.82. The molecule has 0 radical (unpaired) electrons. The van der Waals surface area contributed by atoms with Crippen molar-refractivity contribution in [1.82, 2.24) is 24.2 Å². The summed E-state index contributed by atoms with van der Waals surface area (Å²) in [5, 5.41) is 9.65. The third-order valence-electron chi connectivity index (χ3n) is 15.4. The molecule has 428 valence electrons. The van der Waals surface area contributed by atoms with Crippen molar-refractivity contribution in [2.45, 2.75) is 173 Å². The van der Waals surface area contributed by atoms with Crippen LogP contribution in [0.1, 0.15) is 164 Å². The third-order valence-corrected chi connectivity index (χ3v) is 17.5. The summed E-state index contributed by atoms with van der Waals surface area (Å²) in [4.78, 5) is 31.0. The van der Waals surface area contributed by atoms with Gasteiger partial charge in [-0.1, -0.05) is 163 Å². The van der Waals surface area contributed by atoms with Gasteiger partial charge in [-0.3, -0.25) is 14.3 Å². The fraction of sp³-hybridized carbons (Fsp3) is 0.516. The number of aromatic nitrogens is 4. The highest BCUT2D eigenvalue weighted by Gasteiger charge is 2.65. The highest BCUT2D eigenvalue weighted by molar-refractivity contribution is 7.44. The number of imidazole rings is 1. The van der Waals surface area contributed by atoms with Gasteiger partial charge in [0.15, 0.2) is 23.2 Å². The molecule has 6 aromatic rings. The molecule has 2 aliphatic rings. The fourth-order valence-electron chi connectivity index (χ4n) is 11.3. The summed E-state index contributed by atoms with van der Waals surface area (Å²) in [5.74, 6) is 1.69. The van der Waals surface area contributed by atoms with E-state index in [0.29, 0.717) is 40.6 Å². The van der Waals surface area contributed by atoms with E-state index in [9.17, 15) is 10.1 Å². The summed E-state index contributed by atoms with van der Waals surface area (Å²) >= 11 is 0. The number of unbranched alkanes of at least 4 members (excludes halogenated alkanes) is 13. The van der Waals surface area contributed by atoms with Crippen LogP contribution in [0.2, 0.25) is 0 Å². The van der Waals surface area contributed by atoms with Crippen LogP contribution in [0.25, 0.3) is 11.2 Å². The Morgan fingerprint density at radius 1 is 0.750 bits per heavy atom. The van der Waals surface area contributed by atoms with Crippen molar-refractivity contribution in [2.75, 3.05) is 45.5 Å². The molecule has 3 unspecified atom stereocenters. The van der Waals surface area contributed by atoms with Crippen LogP contribution in [0.4, 0.5) is 5.82 Å². The minimum absolute atomic E-state index is 0.00619. The zero-order chi connectivity index (χ0) is 56.3. The van der Waals surface area contributed by atoms with E-state index in [1.54, 1.807) is 25.4 Å². The molecule has 2 bridgehead atoms. The minimum Gasteiger partial charge on any atom is -0.497 e. The first-order valence-electron chi connectivity index (χ1n) is 29.2. The summed E-state index contributed by atoms with van der Waals surface area (Å²) in [5.41, 5.74) is 1.68. The number of carbonyl (C=O) groups is 1. The topological polar surface area (TPSA) is 156 Å². The molecule has 80 heavy (non-hydrogen) atoms. The normalized spacial score (nSPS) is 18.3. The predicted octanol–water partition coefficient (Wildman–Crippen LogP) is 14.3. The number of nitrogens with zero attached hydrogens (tertiary/aromatic N) is 7. The van der Waals surface area contributed by atoms with Gasteiger partial charge >= 0.3 is 0 Å². The lowest BCUT2D eigenvalue weighted by atomic mass is 9.79. The Kier molecular flexibility index (Phi) is 22.4. The standard InChI is InChI=1S/C64H84N7O8P/c1-8-9-10-11-12-13-14-15-16-17-18-19-20-27-42-69(61(72)50-29-23-21-24-30-50)59-56-60(67-46-66-59)70(47-68-56)62-57-58(79-80(77-43-28-41-65)71(48(2)3)49(4)5)63(78-62,44-75-57)45-76-64(51-31-25-22-26-32-51,52-33-37-54(73-6)38-34-52)53-35-39-55(74-7)40-36-53/h21-26,29-40,46-49,57-58,62H,8-20,27-28,42-45H2,1-7H3/t57?,58?,62-,63-,80?/m1/s1. The SMILES string of the molecule is CCCCCCCCCCCCCCCCN(C(=O)c1ccccc1)c1ncnc2c1ncn2[C@@H]1O[C@@]2(COC(c3ccccc3)(c3ccc(OC)cc3)c3ccc(OC)cc3)COC1C2OP(OCCC#N)N(C(C)C)C(C)C. The maximum Gasteiger partial charge on any atom is 0.259 e. The molecular formula is C64H84N7O8P. The van der Waals surface area contributed by atoms with Crippen LogP contribution in [0, 0.1) is 11.3 Å². The fourth-order valence-corrected chi connectivity index (χ4v) is 13.1. The lowest BCUT2D eigenvalue weighted by Gasteiger charge is -2.41. The first-order chi connectivity index (χ1) is 39.1. The zero-order valence-electron chi connectivity index (χ0n) is 48.2. The Bertz CT molecular complexity index is 2800. The quantitative estimate of drug-likeness (QED) is 0.0214. The number of anilines is 1. The first-order valence-corrected chi connectivity index (χ1v) is 30.3. The van der Waals surface area contributed by atoms with E-state index in [4.69, 9.17) is 47.7 Å². The van der Waals surface area contributed by atoms with Crippen molar-refractivity contribution in [3.63, 3.8) is 0 Å².